The highest BCUT2D eigenvalue weighted by molar-refractivity contribution is 9.10. The van der Waals surface area contributed by atoms with Crippen molar-refractivity contribution >= 4 is 49.6 Å². The second-order valence-corrected chi connectivity index (χ2v) is 8.53. The van der Waals surface area contributed by atoms with Crippen LogP contribution in [0.5, 0.6) is 0 Å². The summed E-state index contributed by atoms with van der Waals surface area (Å²) in [6, 6.07) is 21.9. The fraction of sp³-hybridized carbons (Fsp3) is 0.0435. The lowest BCUT2D eigenvalue weighted by atomic mass is 10.1. The standard InChI is InChI=1S/C23H14BrNO2S/c1-13-6-8-14(9-7-13)28-20-12-19-22(16-5-3-2-4-15(16)20)25-17-10-11-18(26)21(24)23(17)27-19/h2-12H,1H3. The molecule has 5 heteroatoms. The number of nitrogens with zero attached hydrogens (tertiary/aromatic N) is 1. The summed E-state index contributed by atoms with van der Waals surface area (Å²) in [5.41, 5.74) is 3.22. The van der Waals surface area contributed by atoms with E-state index in [9.17, 15) is 4.79 Å². The molecule has 0 aromatic heterocycles. The Labute approximate surface area is 173 Å². The molecule has 0 saturated carbocycles. The maximum atomic E-state index is 12.0. The molecule has 3 nitrogen and oxygen atoms in total. The Balaban J connectivity index is 1.81. The van der Waals surface area contributed by atoms with E-state index in [4.69, 9.17) is 9.40 Å². The fourth-order valence-corrected chi connectivity index (χ4v) is 4.65. The minimum Gasteiger partial charge on any atom is -0.451 e. The Bertz CT molecular complexity index is 1380. The molecule has 3 aromatic rings. The zero-order valence-electron chi connectivity index (χ0n) is 14.9. The summed E-state index contributed by atoms with van der Waals surface area (Å²) < 4.78 is 6.54. The first-order valence-corrected chi connectivity index (χ1v) is 10.4. The number of hydrogen-bond acceptors (Lipinski definition) is 4. The maximum Gasteiger partial charge on any atom is 0.196 e. The van der Waals surface area contributed by atoms with Crippen molar-refractivity contribution in [3.8, 4) is 11.5 Å². The van der Waals surface area contributed by atoms with Crippen molar-refractivity contribution in [1.29, 1.82) is 0 Å². The quantitative estimate of drug-likeness (QED) is 0.224. The summed E-state index contributed by atoms with van der Waals surface area (Å²) in [5, 5.41) is 2.16. The van der Waals surface area contributed by atoms with E-state index in [1.165, 1.54) is 11.6 Å². The molecule has 0 amide bonds. The van der Waals surface area contributed by atoms with Crippen molar-refractivity contribution in [1.82, 2.24) is 4.98 Å². The Morgan fingerprint density at radius 2 is 1.71 bits per heavy atom. The highest BCUT2D eigenvalue weighted by atomic mass is 79.9. The number of rotatable bonds is 2. The van der Waals surface area contributed by atoms with Gasteiger partial charge in [0.2, 0.25) is 0 Å². The van der Waals surface area contributed by atoms with Crippen molar-refractivity contribution in [2.75, 3.05) is 0 Å². The second-order valence-electron chi connectivity index (χ2n) is 6.62. The van der Waals surface area contributed by atoms with Gasteiger partial charge in [-0.3, -0.25) is 4.79 Å². The van der Waals surface area contributed by atoms with Crippen LogP contribution in [0.3, 0.4) is 0 Å². The monoisotopic (exact) mass is 447 g/mol. The topological polar surface area (TPSA) is 43.1 Å². The van der Waals surface area contributed by atoms with Crippen molar-refractivity contribution < 1.29 is 4.42 Å². The molecule has 0 unspecified atom stereocenters. The number of fused-ring (bicyclic) bond motifs is 4. The summed E-state index contributed by atoms with van der Waals surface area (Å²) >= 11 is 5.04. The molecule has 0 atom stereocenters. The summed E-state index contributed by atoms with van der Waals surface area (Å²) in [5.74, 6) is 0.474. The van der Waals surface area contributed by atoms with Gasteiger partial charge in [0.25, 0.3) is 0 Å². The molecule has 0 radical (unpaired) electrons. The number of halogens is 1. The largest absolute Gasteiger partial charge is 0.451 e. The first kappa shape index (κ1) is 17.5. The average molecular weight is 448 g/mol. The number of benzene rings is 4. The Kier molecular flexibility index (Phi) is 4.22. The highest BCUT2D eigenvalue weighted by Gasteiger charge is 2.18. The number of aromatic nitrogens is 1. The SMILES string of the molecule is Cc1ccc(Sc2cc3oc4c(Br)c(=O)ccc-4nc3c3ccccc23)cc1. The number of hydrogen-bond donors (Lipinski definition) is 0. The van der Waals surface area contributed by atoms with Crippen LogP contribution in [-0.4, -0.2) is 4.98 Å². The molecule has 3 aromatic carbocycles. The van der Waals surface area contributed by atoms with Crippen LogP contribution in [0.4, 0.5) is 0 Å². The highest BCUT2D eigenvalue weighted by Crippen LogP contribution is 2.39. The molecule has 2 aliphatic rings. The lowest BCUT2D eigenvalue weighted by molar-refractivity contribution is 0.609. The Morgan fingerprint density at radius 3 is 2.50 bits per heavy atom. The molecule has 5 rings (SSSR count). The predicted octanol–water partition coefficient (Wildman–Crippen LogP) is 6.67. The zero-order valence-corrected chi connectivity index (χ0v) is 17.3. The van der Waals surface area contributed by atoms with E-state index >= 15 is 0 Å². The van der Waals surface area contributed by atoms with Gasteiger partial charge in [0.15, 0.2) is 16.8 Å². The third-order valence-corrected chi connectivity index (χ3v) is 6.49. The first-order valence-electron chi connectivity index (χ1n) is 8.79. The Morgan fingerprint density at radius 1 is 0.964 bits per heavy atom. The van der Waals surface area contributed by atoms with Gasteiger partial charge in [-0.05, 0) is 58.6 Å². The summed E-state index contributed by atoms with van der Waals surface area (Å²) in [6.07, 6.45) is 0. The van der Waals surface area contributed by atoms with Crippen LogP contribution in [0, 0.1) is 6.92 Å². The van der Waals surface area contributed by atoms with Gasteiger partial charge in [0, 0.05) is 15.2 Å². The first-order chi connectivity index (χ1) is 13.6. The maximum absolute atomic E-state index is 12.0. The molecular formula is C23H14BrNO2S. The van der Waals surface area contributed by atoms with Crippen LogP contribution in [0.15, 0.2) is 90.2 Å². The van der Waals surface area contributed by atoms with Gasteiger partial charge in [-0.2, -0.15) is 0 Å². The van der Waals surface area contributed by atoms with Gasteiger partial charge >= 0.3 is 0 Å². The molecule has 0 saturated heterocycles. The lowest BCUT2D eigenvalue weighted by Gasteiger charge is -2.12. The number of aryl methyl sites for hydroxylation is 1. The van der Waals surface area contributed by atoms with Gasteiger partial charge in [-0.15, -0.1) is 0 Å². The molecule has 136 valence electrons. The zero-order chi connectivity index (χ0) is 19.3. The van der Waals surface area contributed by atoms with Crippen LogP contribution < -0.4 is 5.43 Å². The molecular weight excluding hydrogens is 434 g/mol. The molecule has 0 N–H and O–H groups in total. The van der Waals surface area contributed by atoms with E-state index in [1.54, 1.807) is 17.8 Å². The third kappa shape index (κ3) is 2.91. The normalized spacial score (nSPS) is 11.5. The van der Waals surface area contributed by atoms with E-state index in [2.05, 4.69) is 59.3 Å². The van der Waals surface area contributed by atoms with E-state index < -0.39 is 0 Å². The summed E-state index contributed by atoms with van der Waals surface area (Å²) in [7, 11) is 0. The molecule has 0 spiro atoms. The predicted molar refractivity (Wildman–Crippen MR) is 117 cm³/mol. The second kappa shape index (κ2) is 6.76. The lowest BCUT2D eigenvalue weighted by Crippen LogP contribution is -2.03. The Hall–Kier alpha value is -2.63. The van der Waals surface area contributed by atoms with Crippen molar-refractivity contribution in [3.63, 3.8) is 0 Å². The molecule has 0 fully saturated rings. The summed E-state index contributed by atoms with van der Waals surface area (Å²) in [6.45, 7) is 2.08. The van der Waals surface area contributed by atoms with Gasteiger partial charge < -0.3 is 4.42 Å². The molecule has 1 aliphatic heterocycles. The van der Waals surface area contributed by atoms with Crippen molar-refractivity contribution in [2.45, 2.75) is 16.7 Å². The van der Waals surface area contributed by atoms with Crippen LogP contribution in [0.25, 0.3) is 33.3 Å². The minimum atomic E-state index is -0.118. The van der Waals surface area contributed by atoms with Crippen molar-refractivity contribution in [2.24, 2.45) is 0 Å². The third-order valence-electron chi connectivity index (χ3n) is 4.68. The van der Waals surface area contributed by atoms with Crippen LogP contribution in [0.2, 0.25) is 0 Å². The smallest absolute Gasteiger partial charge is 0.196 e. The van der Waals surface area contributed by atoms with Gasteiger partial charge in [-0.25, -0.2) is 4.98 Å². The van der Waals surface area contributed by atoms with Crippen LogP contribution in [0.1, 0.15) is 5.56 Å². The average Bonchev–Trinajstić information content (AvgIpc) is 2.72. The molecule has 1 aliphatic carbocycles. The molecule has 0 bridgehead atoms. The fourth-order valence-electron chi connectivity index (χ4n) is 3.26. The van der Waals surface area contributed by atoms with E-state index in [0.717, 1.165) is 26.1 Å². The van der Waals surface area contributed by atoms with E-state index in [0.29, 0.717) is 21.5 Å². The van der Waals surface area contributed by atoms with Gasteiger partial charge in [0.05, 0.1) is 0 Å². The molecule has 28 heavy (non-hydrogen) atoms. The van der Waals surface area contributed by atoms with E-state index in [-0.39, 0.29) is 5.43 Å². The minimum absolute atomic E-state index is 0.118. The van der Waals surface area contributed by atoms with Crippen LogP contribution >= 0.6 is 27.7 Å². The summed E-state index contributed by atoms with van der Waals surface area (Å²) in [4.78, 5) is 19.0. The van der Waals surface area contributed by atoms with Crippen LogP contribution in [-0.2, 0) is 0 Å². The van der Waals surface area contributed by atoms with E-state index in [1.807, 2.05) is 18.2 Å². The van der Waals surface area contributed by atoms with Gasteiger partial charge in [-0.1, -0.05) is 53.7 Å². The van der Waals surface area contributed by atoms with Crippen molar-refractivity contribution in [3.05, 3.63) is 87.0 Å². The molecule has 1 heterocycles. The van der Waals surface area contributed by atoms with Gasteiger partial charge in [0.1, 0.15) is 15.7 Å².